The number of nitrogens with zero attached hydrogens (tertiary/aromatic N) is 2. The van der Waals surface area contributed by atoms with Crippen LogP contribution >= 0.6 is 22.7 Å². The number of methoxy groups -OCH3 is 1. The summed E-state index contributed by atoms with van der Waals surface area (Å²) < 4.78 is 13.4. The summed E-state index contributed by atoms with van der Waals surface area (Å²) in [5.74, 6) is 0.465. The van der Waals surface area contributed by atoms with Crippen LogP contribution in [0.1, 0.15) is 16.7 Å². The Morgan fingerprint density at radius 3 is 2.75 bits per heavy atom. The number of rotatable bonds is 2. The quantitative estimate of drug-likeness (QED) is 0.447. The lowest BCUT2D eigenvalue weighted by Gasteiger charge is -2.01. The van der Waals surface area contributed by atoms with Crippen LogP contribution in [-0.4, -0.2) is 16.5 Å². The van der Waals surface area contributed by atoms with Crippen LogP contribution in [0.5, 0.6) is 5.75 Å². The molecule has 140 valence electrons. The molecule has 28 heavy (non-hydrogen) atoms. The number of aromatic nitrogens is 2. The Labute approximate surface area is 165 Å². The summed E-state index contributed by atoms with van der Waals surface area (Å²) >= 11 is 2.35. The molecule has 0 unspecified atom stereocenters. The van der Waals surface area contributed by atoms with Crippen LogP contribution in [0.2, 0.25) is 0 Å². The smallest absolute Gasteiger partial charge is 0.396 e. The monoisotopic (exact) mass is 410 g/mol. The molecule has 5 rings (SSSR count). The van der Waals surface area contributed by atoms with Gasteiger partial charge in [-0.1, -0.05) is 28.7 Å². The molecular weight excluding hydrogens is 396 g/mol. The number of fused-ring (bicyclic) bond motifs is 4. The van der Waals surface area contributed by atoms with Crippen molar-refractivity contribution in [2.45, 2.75) is 13.8 Å². The Hall–Kier alpha value is -2.97. The lowest BCUT2D eigenvalue weighted by atomic mass is 10.1. The minimum Gasteiger partial charge on any atom is -0.493 e. The second-order valence-corrected chi connectivity index (χ2v) is 8.59. The van der Waals surface area contributed by atoms with Gasteiger partial charge in [0.25, 0.3) is 5.56 Å². The molecule has 0 fully saturated rings. The molecule has 0 aliphatic heterocycles. The van der Waals surface area contributed by atoms with Gasteiger partial charge < -0.3 is 9.15 Å². The molecule has 0 amide bonds. The van der Waals surface area contributed by atoms with Gasteiger partial charge in [-0.3, -0.25) is 4.79 Å². The zero-order valence-corrected chi connectivity index (χ0v) is 16.9. The average Bonchev–Trinajstić information content (AvgIpc) is 3.27. The van der Waals surface area contributed by atoms with Crippen molar-refractivity contribution >= 4 is 55.0 Å². The van der Waals surface area contributed by atoms with Crippen LogP contribution < -0.4 is 19.8 Å². The number of hydrogen-bond donors (Lipinski definition) is 0. The Bertz CT molecular complexity index is 1570. The molecule has 0 atom stereocenters. The molecule has 5 aromatic rings. The third-order valence-corrected chi connectivity index (χ3v) is 6.36. The van der Waals surface area contributed by atoms with Crippen molar-refractivity contribution in [3.05, 3.63) is 65.6 Å². The molecule has 0 aliphatic carbocycles. The zero-order chi connectivity index (χ0) is 19.6. The van der Waals surface area contributed by atoms with Crippen LogP contribution in [-0.2, 0) is 0 Å². The molecule has 0 radical (unpaired) electrons. The minimum atomic E-state index is -0.387. The number of ether oxygens (including phenoxy) is 1. The molecule has 0 bridgehead atoms. The maximum Gasteiger partial charge on any atom is 0.396 e. The first-order chi connectivity index (χ1) is 13.4. The average molecular weight is 410 g/mol. The molecule has 2 aromatic carbocycles. The Morgan fingerprint density at radius 1 is 1.14 bits per heavy atom. The van der Waals surface area contributed by atoms with Crippen molar-refractivity contribution in [3.63, 3.8) is 0 Å². The summed E-state index contributed by atoms with van der Waals surface area (Å²) in [7, 11) is 1.52. The highest BCUT2D eigenvalue weighted by Gasteiger charge is 2.14. The molecule has 3 aromatic heterocycles. The molecule has 0 saturated heterocycles. The summed E-state index contributed by atoms with van der Waals surface area (Å²) in [4.78, 5) is 29.6. The number of aryl methyl sites for hydroxylation is 2. The number of hydrogen-bond acceptors (Lipinski definition) is 7. The van der Waals surface area contributed by atoms with Crippen LogP contribution in [0.15, 0.2) is 38.3 Å². The normalized spacial score (nSPS) is 12.6. The molecule has 8 heteroatoms. The summed E-state index contributed by atoms with van der Waals surface area (Å²) in [5.41, 5.74) is 4.91. The van der Waals surface area contributed by atoms with Gasteiger partial charge in [-0.25, -0.2) is 14.2 Å². The van der Waals surface area contributed by atoms with E-state index in [-0.39, 0.29) is 10.5 Å². The van der Waals surface area contributed by atoms with Gasteiger partial charge in [0.15, 0.2) is 16.3 Å². The van der Waals surface area contributed by atoms with Crippen molar-refractivity contribution in [2.75, 3.05) is 7.11 Å². The van der Waals surface area contributed by atoms with Crippen molar-refractivity contribution in [2.24, 2.45) is 0 Å². The van der Waals surface area contributed by atoms with E-state index in [9.17, 15) is 9.59 Å². The van der Waals surface area contributed by atoms with Crippen LogP contribution in [0, 0.1) is 13.8 Å². The van der Waals surface area contributed by atoms with Gasteiger partial charge in [-0.15, -0.1) is 0 Å². The second-order valence-electron chi connectivity index (χ2n) is 6.60. The number of imidazole rings is 1. The van der Waals surface area contributed by atoms with Gasteiger partial charge >= 0.3 is 4.94 Å². The Kier molecular flexibility index (Phi) is 3.68. The molecular formula is C20H14N2O4S2. The van der Waals surface area contributed by atoms with E-state index in [1.807, 2.05) is 26.0 Å². The standard InChI is InChI=1S/C20H14N2O4S2/c1-9-4-10(2)16-12(5-9)22-18(23)15(27-19(22)21-16)8-11-6-13(25-3)17-14(7-11)28-20(24)26-17/h4-8H,1-3H3. The van der Waals surface area contributed by atoms with E-state index >= 15 is 0 Å². The van der Waals surface area contributed by atoms with Crippen LogP contribution in [0.4, 0.5) is 0 Å². The fraction of sp³-hybridized carbons (Fsp3) is 0.150. The largest absolute Gasteiger partial charge is 0.493 e. The fourth-order valence-corrected chi connectivity index (χ4v) is 5.18. The highest BCUT2D eigenvalue weighted by Crippen LogP contribution is 2.29. The third-order valence-electron chi connectivity index (χ3n) is 4.62. The van der Waals surface area contributed by atoms with Gasteiger partial charge in [0, 0.05) is 0 Å². The minimum absolute atomic E-state index is 0.105. The zero-order valence-electron chi connectivity index (χ0n) is 15.2. The van der Waals surface area contributed by atoms with Crippen molar-refractivity contribution < 1.29 is 9.15 Å². The predicted octanol–water partition coefficient (Wildman–Crippen LogP) is 3.25. The predicted molar refractivity (Wildman–Crippen MR) is 112 cm³/mol. The molecule has 3 heterocycles. The lowest BCUT2D eigenvalue weighted by molar-refractivity contribution is 0.408. The molecule has 0 N–H and O–H groups in total. The van der Waals surface area contributed by atoms with E-state index in [0.29, 0.717) is 25.5 Å². The molecule has 0 saturated carbocycles. The Balaban J connectivity index is 1.79. The van der Waals surface area contributed by atoms with E-state index in [4.69, 9.17) is 9.15 Å². The van der Waals surface area contributed by atoms with E-state index in [0.717, 1.165) is 39.1 Å². The van der Waals surface area contributed by atoms with E-state index < -0.39 is 0 Å². The van der Waals surface area contributed by atoms with Crippen LogP contribution in [0.25, 0.3) is 32.4 Å². The maximum absolute atomic E-state index is 13.1. The summed E-state index contributed by atoms with van der Waals surface area (Å²) in [6.45, 7) is 4.01. The molecule has 6 nitrogen and oxygen atoms in total. The first kappa shape index (κ1) is 17.2. The third kappa shape index (κ3) is 2.49. The number of thiazole rings is 1. The summed E-state index contributed by atoms with van der Waals surface area (Å²) in [6, 6.07) is 7.63. The van der Waals surface area contributed by atoms with Gasteiger partial charge in [0.2, 0.25) is 0 Å². The molecule has 0 spiro atoms. The summed E-state index contributed by atoms with van der Waals surface area (Å²) in [6.07, 6.45) is 1.79. The Morgan fingerprint density at radius 2 is 1.96 bits per heavy atom. The second kappa shape index (κ2) is 6.02. The topological polar surface area (TPSA) is 73.8 Å². The van der Waals surface area contributed by atoms with Crippen molar-refractivity contribution in [1.82, 2.24) is 9.38 Å². The molecule has 0 aliphatic rings. The van der Waals surface area contributed by atoms with E-state index in [2.05, 4.69) is 11.1 Å². The van der Waals surface area contributed by atoms with E-state index in [1.165, 1.54) is 18.4 Å². The lowest BCUT2D eigenvalue weighted by Crippen LogP contribution is -2.22. The van der Waals surface area contributed by atoms with Gasteiger partial charge in [-0.05, 0) is 54.8 Å². The van der Waals surface area contributed by atoms with Gasteiger partial charge in [-0.2, -0.15) is 0 Å². The van der Waals surface area contributed by atoms with Gasteiger partial charge in [0.1, 0.15) is 0 Å². The van der Waals surface area contributed by atoms with Crippen LogP contribution in [0.3, 0.4) is 0 Å². The van der Waals surface area contributed by atoms with Gasteiger partial charge in [0.05, 0.1) is 27.4 Å². The highest BCUT2D eigenvalue weighted by atomic mass is 32.1. The maximum atomic E-state index is 13.1. The van der Waals surface area contributed by atoms with E-state index in [1.54, 1.807) is 16.5 Å². The fourth-order valence-electron chi connectivity index (χ4n) is 3.46. The SMILES string of the molecule is COc1cc(C=c2sc3nc4c(C)cc(C)cc4n3c2=O)cc2sc(=O)oc12. The highest BCUT2D eigenvalue weighted by molar-refractivity contribution is 7.16. The number of benzene rings is 2. The first-order valence-electron chi connectivity index (χ1n) is 8.50. The summed E-state index contributed by atoms with van der Waals surface area (Å²) in [5, 5.41) is 0. The van der Waals surface area contributed by atoms with Crippen molar-refractivity contribution in [3.8, 4) is 5.75 Å². The first-order valence-corrected chi connectivity index (χ1v) is 10.1. The van der Waals surface area contributed by atoms with Crippen molar-refractivity contribution in [1.29, 1.82) is 0 Å².